The van der Waals surface area contributed by atoms with E-state index in [0.29, 0.717) is 23.6 Å². The molecular weight excluding hydrogens is 394 g/mol. The van der Waals surface area contributed by atoms with Crippen LogP contribution in [0.5, 0.6) is 0 Å². The summed E-state index contributed by atoms with van der Waals surface area (Å²) in [6.07, 6.45) is 7.34. The molecular formula is C23H27N5O3. The number of amides is 1. The highest BCUT2D eigenvalue weighted by Crippen LogP contribution is 2.29. The van der Waals surface area contributed by atoms with Gasteiger partial charge < -0.3 is 9.15 Å². The van der Waals surface area contributed by atoms with E-state index in [1.54, 1.807) is 12.4 Å². The van der Waals surface area contributed by atoms with Gasteiger partial charge in [0, 0.05) is 49.1 Å². The van der Waals surface area contributed by atoms with Crippen LogP contribution in [0.3, 0.4) is 0 Å². The number of anilines is 1. The second-order valence-corrected chi connectivity index (χ2v) is 8.35. The number of ether oxygens (including phenoxy) is 1. The minimum atomic E-state index is 0.0140. The third-order valence-electron chi connectivity index (χ3n) is 6.35. The molecule has 3 heterocycles. The zero-order valence-electron chi connectivity index (χ0n) is 17.7. The molecule has 1 N–H and O–H groups in total. The number of hydrogen-bond donors (Lipinski definition) is 1. The zero-order chi connectivity index (χ0) is 21.2. The zero-order valence-corrected chi connectivity index (χ0v) is 17.7. The lowest BCUT2D eigenvalue weighted by molar-refractivity contribution is -0.121. The van der Waals surface area contributed by atoms with E-state index in [4.69, 9.17) is 9.15 Å². The highest BCUT2D eigenvalue weighted by Gasteiger charge is 2.30. The molecule has 0 bridgehead atoms. The lowest BCUT2D eigenvalue weighted by Crippen LogP contribution is -2.45. The number of aryl methyl sites for hydroxylation is 1. The number of nitrogens with zero attached hydrogens (tertiary/aromatic N) is 4. The highest BCUT2D eigenvalue weighted by atomic mass is 16.5. The maximum atomic E-state index is 12.8. The van der Waals surface area contributed by atoms with Gasteiger partial charge in [0.25, 0.3) is 0 Å². The number of benzene rings is 1. The number of morpholine rings is 1. The molecule has 0 radical (unpaired) electrons. The summed E-state index contributed by atoms with van der Waals surface area (Å²) >= 11 is 0. The molecule has 31 heavy (non-hydrogen) atoms. The molecule has 0 atom stereocenters. The van der Waals surface area contributed by atoms with Crippen LogP contribution in [0.25, 0.3) is 22.2 Å². The maximum absolute atomic E-state index is 12.8. The van der Waals surface area contributed by atoms with Gasteiger partial charge in [-0.25, -0.2) is 15.0 Å². The topological polar surface area (TPSA) is 93.4 Å². The van der Waals surface area contributed by atoms with Gasteiger partial charge in [0.2, 0.25) is 11.9 Å². The van der Waals surface area contributed by atoms with Crippen molar-refractivity contribution in [2.24, 2.45) is 5.92 Å². The fourth-order valence-corrected chi connectivity index (χ4v) is 4.59. The number of carbonyl (C=O) groups is 1. The summed E-state index contributed by atoms with van der Waals surface area (Å²) in [4.78, 5) is 28.4. The van der Waals surface area contributed by atoms with Crippen LogP contribution in [0.2, 0.25) is 0 Å². The van der Waals surface area contributed by atoms with Crippen LogP contribution in [-0.4, -0.2) is 58.1 Å². The molecule has 3 aromatic rings. The van der Waals surface area contributed by atoms with Crippen molar-refractivity contribution in [2.45, 2.75) is 38.6 Å². The molecule has 1 amide bonds. The van der Waals surface area contributed by atoms with Gasteiger partial charge in [0.15, 0.2) is 11.7 Å². The van der Waals surface area contributed by atoms with Crippen LogP contribution >= 0.6 is 0 Å². The maximum Gasteiger partial charge on any atom is 0.229 e. The molecule has 2 aliphatic rings. The first kappa shape index (κ1) is 20.1. The van der Waals surface area contributed by atoms with Gasteiger partial charge in [0.1, 0.15) is 0 Å². The van der Waals surface area contributed by atoms with Crippen LogP contribution in [0.4, 0.5) is 5.95 Å². The lowest BCUT2D eigenvalue weighted by Gasteiger charge is -2.38. The van der Waals surface area contributed by atoms with Crippen molar-refractivity contribution >= 4 is 22.8 Å². The Bertz CT molecular complexity index is 1070. The van der Waals surface area contributed by atoms with E-state index in [1.807, 2.05) is 25.1 Å². The van der Waals surface area contributed by atoms with E-state index in [0.717, 1.165) is 68.5 Å². The van der Waals surface area contributed by atoms with Gasteiger partial charge in [0.05, 0.1) is 24.9 Å². The molecule has 1 aliphatic heterocycles. The number of rotatable bonds is 4. The van der Waals surface area contributed by atoms with Crippen molar-refractivity contribution < 1.29 is 13.9 Å². The van der Waals surface area contributed by atoms with E-state index in [-0.39, 0.29) is 11.8 Å². The summed E-state index contributed by atoms with van der Waals surface area (Å²) in [6.45, 7) is 5.45. The quantitative estimate of drug-likeness (QED) is 0.690. The normalized spacial score (nSPS) is 22.5. The van der Waals surface area contributed by atoms with E-state index >= 15 is 0 Å². The van der Waals surface area contributed by atoms with Crippen LogP contribution < -0.4 is 5.32 Å². The smallest absolute Gasteiger partial charge is 0.229 e. The van der Waals surface area contributed by atoms with Gasteiger partial charge >= 0.3 is 0 Å². The molecule has 0 spiro atoms. The number of aromatic nitrogens is 3. The largest absolute Gasteiger partial charge is 0.441 e. The van der Waals surface area contributed by atoms with E-state index in [2.05, 4.69) is 25.2 Å². The van der Waals surface area contributed by atoms with Crippen molar-refractivity contribution in [3.63, 3.8) is 0 Å². The van der Waals surface area contributed by atoms with Gasteiger partial charge in [-0.1, -0.05) is 12.1 Å². The van der Waals surface area contributed by atoms with Crippen LogP contribution in [0.15, 0.2) is 35.0 Å². The number of hydrogen-bond acceptors (Lipinski definition) is 7. The molecule has 8 heteroatoms. The van der Waals surface area contributed by atoms with Crippen molar-refractivity contribution in [3.05, 3.63) is 36.5 Å². The standard InChI is InChI=1S/C23H27N5O3/c1-15-24-14-21(31-15)17-2-3-18-13-25-23(26-20(18)12-17)27-22(29)16-4-6-19(7-5-16)28-8-10-30-11-9-28/h2-3,12-14,16,19H,4-11H2,1H3,(H,25,26,27,29). The van der Waals surface area contributed by atoms with E-state index < -0.39 is 0 Å². The Balaban J connectivity index is 1.24. The molecule has 1 saturated heterocycles. The third-order valence-corrected chi connectivity index (χ3v) is 6.35. The second kappa shape index (κ2) is 8.72. The predicted molar refractivity (Wildman–Crippen MR) is 117 cm³/mol. The summed E-state index contributed by atoms with van der Waals surface area (Å²) < 4.78 is 11.1. The number of oxazole rings is 1. The summed E-state index contributed by atoms with van der Waals surface area (Å²) in [7, 11) is 0. The average molecular weight is 422 g/mol. The summed E-state index contributed by atoms with van der Waals surface area (Å²) in [5.74, 6) is 1.69. The van der Waals surface area contributed by atoms with Gasteiger partial charge in [-0.3, -0.25) is 15.0 Å². The molecule has 1 saturated carbocycles. The summed E-state index contributed by atoms with van der Waals surface area (Å²) in [6, 6.07) is 6.40. The highest BCUT2D eigenvalue weighted by molar-refractivity contribution is 5.92. The van der Waals surface area contributed by atoms with E-state index in [9.17, 15) is 4.79 Å². The minimum Gasteiger partial charge on any atom is -0.441 e. The molecule has 162 valence electrons. The Morgan fingerprint density at radius 3 is 2.65 bits per heavy atom. The molecule has 5 rings (SSSR count). The molecule has 1 aliphatic carbocycles. The van der Waals surface area contributed by atoms with Gasteiger partial charge in [-0.2, -0.15) is 0 Å². The first-order valence-electron chi connectivity index (χ1n) is 11.0. The van der Waals surface area contributed by atoms with Gasteiger partial charge in [-0.05, 0) is 31.7 Å². The summed E-state index contributed by atoms with van der Waals surface area (Å²) in [5, 5.41) is 3.84. The van der Waals surface area contributed by atoms with Crippen LogP contribution in [-0.2, 0) is 9.53 Å². The SMILES string of the molecule is Cc1ncc(-c2ccc3cnc(NC(=O)C4CCC(N5CCOCC5)CC4)nc3c2)o1. The molecule has 2 fully saturated rings. The Hall–Kier alpha value is -2.84. The molecule has 2 aromatic heterocycles. The molecule has 8 nitrogen and oxygen atoms in total. The van der Waals surface area contributed by atoms with E-state index in [1.165, 1.54) is 0 Å². The number of nitrogens with one attached hydrogen (secondary N) is 1. The van der Waals surface area contributed by atoms with Crippen molar-refractivity contribution in [1.82, 2.24) is 19.9 Å². The Morgan fingerprint density at radius 2 is 1.90 bits per heavy atom. The first-order valence-corrected chi connectivity index (χ1v) is 11.0. The first-order chi connectivity index (χ1) is 15.2. The fourth-order valence-electron chi connectivity index (χ4n) is 4.59. The van der Waals surface area contributed by atoms with Crippen LogP contribution in [0.1, 0.15) is 31.6 Å². The summed E-state index contributed by atoms with van der Waals surface area (Å²) in [5.41, 5.74) is 1.65. The Kier molecular flexibility index (Phi) is 5.65. The van der Waals surface area contributed by atoms with Crippen molar-refractivity contribution in [1.29, 1.82) is 0 Å². The van der Waals surface area contributed by atoms with Gasteiger partial charge in [-0.15, -0.1) is 0 Å². The predicted octanol–water partition coefficient (Wildman–Crippen LogP) is 3.42. The third kappa shape index (κ3) is 4.45. The van der Waals surface area contributed by atoms with Crippen LogP contribution in [0, 0.1) is 12.8 Å². The van der Waals surface area contributed by atoms with Crippen molar-refractivity contribution in [2.75, 3.05) is 31.6 Å². The average Bonchev–Trinajstić information content (AvgIpc) is 3.25. The number of fused-ring (bicyclic) bond motifs is 1. The lowest BCUT2D eigenvalue weighted by atomic mass is 9.84. The Labute approximate surface area is 181 Å². The molecule has 1 aromatic carbocycles. The minimum absolute atomic E-state index is 0.0140. The monoisotopic (exact) mass is 421 g/mol. The fraction of sp³-hybridized carbons (Fsp3) is 0.478. The second-order valence-electron chi connectivity index (χ2n) is 8.35. The molecule has 0 unspecified atom stereocenters. The number of carbonyl (C=O) groups excluding carboxylic acids is 1. The van der Waals surface area contributed by atoms with Crippen molar-refractivity contribution in [3.8, 4) is 11.3 Å². The Morgan fingerprint density at radius 1 is 1.10 bits per heavy atom.